The number of alkyl halides is 2. The number of hydrogen-bond donors (Lipinski definition) is 0. The Morgan fingerprint density at radius 3 is 2.86 bits per heavy atom. The van der Waals surface area contributed by atoms with Crippen LogP contribution in [-0.4, -0.2) is 30.2 Å². The maximum absolute atomic E-state index is 12.5. The third-order valence-electron chi connectivity index (χ3n) is 2.58. The average molecular weight is 206 g/mol. The van der Waals surface area contributed by atoms with Crippen molar-refractivity contribution in [1.82, 2.24) is 0 Å². The molecular formula is C9H12F2O3. The van der Waals surface area contributed by atoms with Crippen molar-refractivity contribution in [3.63, 3.8) is 0 Å². The lowest BCUT2D eigenvalue weighted by molar-refractivity contribution is -0.176. The summed E-state index contributed by atoms with van der Waals surface area (Å²) in [5.74, 6) is -4.85. The summed E-state index contributed by atoms with van der Waals surface area (Å²) in [7, 11) is 0. The number of esters is 1. The second kappa shape index (κ2) is 3.15. The van der Waals surface area contributed by atoms with Crippen molar-refractivity contribution in [2.24, 2.45) is 0 Å². The van der Waals surface area contributed by atoms with Crippen LogP contribution in [0.1, 0.15) is 26.2 Å². The molecule has 0 aromatic heterocycles. The van der Waals surface area contributed by atoms with E-state index in [1.165, 1.54) is 0 Å². The molecule has 1 heterocycles. The van der Waals surface area contributed by atoms with Crippen LogP contribution in [0.2, 0.25) is 0 Å². The van der Waals surface area contributed by atoms with Crippen molar-refractivity contribution < 1.29 is 23.0 Å². The molecule has 1 saturated heterocycles. The fraction of sp³-hybridized carbons (Fsp3) is 0.889. The minimum absolute atomic E-state index is 0.130. The molecule has 14 heavy (non-hydrogen) atoms. The molecule has 3 atom stereocenters. The molecule has 0 bridgehead atoms. The largest absolute Gasteiger partial charge is 0.455 e. The van der Waals surface area contributed by atoms with E-state index in [1.807, 2.05) is 0 Å². The summed E-state index contributed by atoms with van der Waals surface area (Å²) in [6, 6.07) is 0. The second-order valence-electron chi connectivity index (χ2n) is 3.90. The van der Waals surface area contributed by atoms with Gasteiger partial charge in [0.25, 0.3) is 0 Å². The highest BCUT2D eigenvalue weighted by Gasteiger charge is 2.50. The maximum Gasteiger partial charge on any atom is 0.377 e. The van der Waals surface area contributed by atoms with Crippen LogP contribution in [0, 0.1) is 0 Å². The van der Waals surface area contributed by atoms with E-state index in [4.69, 9.17) is 9.47 Å². The lowest BCUT2D eigenvalue weighted by Crippen LogP contribution is -2.35. The molecule has 3 unspecified atom stereocenters. The van der Waals surface area contributed by atoms with Crippen molar-refractivity contribution >= 4 is 5.97 Å². The van der Waals surface area contributed by atoms with E-state index < -0.39 is 18.0 Å². The Bertz CT molecular complexity index is 249. The van der Waals surface area contributed by atoms with Crippen LogP contribution >= 0.6 is 0 Å². The van der Waals surface area contributed by atoms with Gasteiger partial charge >= 0.3 is 11.9 Å². The molecule has 0 aromatic rings. The molecule has 0 radical (unpaired) electrons. The quantitative estimate of drug-likeness (QED) is 0.507. The van der Waals surface area contributed by atoms with Gasteiger partial charge in [0.05, 0.1) is 6.10 Å². The molecule has 0 N–H and O–H groups in total. The number of carbonyl (C=O) groups excluding carboxylic acids is 1. The molecule has 80 valence electrons. The van der Waals surface area contributed by atoms with E-state index in [0.717, 1.165) is 12.8 Å². The van der Waals surface area contributed by atoms with E-state index >= 15 is 0 Å². The number of fused-ring (bicyclic) bond motifs is 1. The minimum atomic E-state index is -3.40. The van der Waals surface area contributed by atoms with Gasteiger partial charge in [-0.15, -0.1) is 0 Å². The Hall–Kier alpha value is -0.710. The van der Waals surface area contributed by atoms with Crippen LogP contribution in [0.5, 0.6) is 0 Å². The van der Waals surface area contributed by atoms with Crippen molar-refractivity contribution in [3.05, 3.63) is 0 Å². The van der Waals surface area contributed by atoms with Gasteiger partial charge < -0.3 is 9.47 Å². The number of hydrogen-bond acceptors (Lipinski definition) is 3. The molecule has 5 heteroatoms. The third kappa shape index (κ3) is 1.87. The van der Waals surface area contributed by atoms with Gasteiger partial charge in [0.2, 0.25) is 0 Å². The fourth-order valence-electron chi connectivity index (χ4n) is 1.77. The average Bonchev–Trinajstić information content (AvgIpc) is 2.81. The van der Waals surface area contributed by atoms with E-state index in [2.05, 4.69) is 0 Å². The first-order chi connectivity index (χ1) is 6.48. The number of carbonyl (C=O) groups is 1. The highest BCUT2D eigenvalue weighted by Crippen LogP contribution is 2.38. The van der Waals surface area contributed by atoms with Gasteiger partial charge in [0.15, 0.2) is 0 Å². The summed E-state index contributed by atoms with van der Waals surface area (Å²) in [6.45, 7) is 0.545. The molecule has 1 aliphatic carbocycles. The van der Waals surface area contributed by atoms with Gasteiger partial charge in [-0.05, 0) is 19.3 Å². The van der Waals surface area contributed by atoms with Crippen molar-refractivity contribution in [3.8, 4) is 0 Å². The molecule has 3 nitrogen and oxygen atoms in total. The SMILES string of the molecule is CC(F)(F)C(=O)OC1CCCC2OC12. The summed E-state index contributed by atoms with van der Waals surface area (Å²) in [6.07, 6.45) is 1.98. The third-order valence-corrected chi connectivity index (χ3v) is 2.58. The Morgan fingerprint density at radius 2 is 2.21 bits per heavy atom. The summed E-state index contributed by atoms with van der Waals surface area (Å²) in [4.78, 5) is 10.9. The first-order valence-electron chi connectivity index (χ1n) is 4.73. The number of epoxide rings is 1. The smallest absolute Gasteiger partial charge is 0.377 e. The summed E-state index contributed by atoms with van der Waals surface area (Å²) < 4.78 is 34.9. The first-order valence-corrected chi connectivity index (χ1v) is 4.73. The van der Waals surface area contributed by atoms with Gasteiger partial charge in [0, 0.05) is 6.92 Å². The minimum Gasteiger partial charge on any atom is -0.455 e. The summed E-state index contributed by atoms with van der Waals surface area (Å²) in [5.41, 5.74) is 0. The molecule has 0 aromatic carbocycles. The molecule has 2 aliphatic rings. The summed E-state index contributed by atoms with van der Waals surface area (Å²) >= 11 is 0. The van der Waals surface area contributed by atoms with E-state index in [0.29, 0.717) is 13.3 Å². The zero-order valence-electron chi connectivity index (χ0n) is 7.83. The van der Waals surface area contributed by atoms with E-state index in [9.17, 15) is 13.6 Å². The molecular weight excluding hydrogens is 194 g/mol. The zero-order valence-corrected chi connectivity index (χ0v) is 7.83. The molecule has 0 amide bonds. The predicted octanol–water partition coefficient (Wildman–Crippen LogP) is 1.50. The molecule has 1 saturated carbocycles. The van der Waals surface area contributed by atoms with Gasteiger partial charge in [-0.2, -0.15) is 8.78 Å². The lowest BCUT2D eigenvalue weighted by atomic mass is 9.98. The van der Waals surface area contributed by atoms with Gasteiger partial charge in [-0.1, -0.05) is 0 Å². The van der Waals surface area contributed by atoms with Crippen LogP contribution in [0.4, 0.5) is 8.78 Å². The zero-order chi connectivity index (χ0) is 10.3. The Labute approximate surface area is 80.4 Å². The van der Waals surface area contributed by atoms with Crippen molar-refractivity contribution in [2.45, 2.75) is 50.4 Å². The van der Waals surface area contributed by atoms with Crippen LogP contribution in [0.25, 0.3) is 0 Å². The van der Waals surface area contributed by atoms with Crippen molar-refractivity contribution in [1.29, 1.82) is 0 Å². The summed E-state index contributed by atoms with van der Waals surface area (Å²) in [5, 5.41) is 0. The van der Waals surface area contributed by atoms with Crippen LogP contribution < -0.4 is 0 Å². The first kappa shape index (κ1) is 9.83. The Balaban J connectivity index is 1.88. The van der Waals surface area contributed by atoms with Gasteiger partial charge in [0.1, 0.15) is 12.2 Å². The number of rotatable bonds is 2. The molecule has 0 spiro atoms. The van der Waals surface area contributed by atoms with E-state index in [-0.39, 0.29) is 12.2 Å². The maximum atomic E-state index is 12.5. The van der Waals surface area contributed by atoms with Crippen LogP contribution in [-0.2, 0) is 14.3 Å². The number of halogens is 2. The van der Waals surface area contributed by atoms with E-state index in [1.54, 1.807) is 0 Å². The Kier molecular flexibility index (Phi) is 2.21. The fourth-order valence-corrected chi connectivity index (χ4v) is 1.77. The van der Waals surface area contributed by atoms with Gasteiger partial charge in [-0.25, -0.2) is 4.79 Å². The highest BCUT2D eigenvalue weighted by atomic mass is 19.3. The standard InChI is InChI=1S/C9H12F2O3/c1-9(10,11)8(12)14-6-4-2-3-5-7(6)13-5/h5-7H,2-4H2,1H3. The molecule has 2 fully saturated rings. The van der Waals surface area contributed by atoms with Crippen molar-refractivity contribution in [2.75, 3.05) is 0 Å². The molecule has 2 rings (SSSR count). The van der Waals surface area contributed by atoms with Gasteiger partial charge in [-0.3, -0.25) is 0 Å². The number of ether oxygens (including phenoxy) is 2. The van der Waals surface area contributed by atoms with Crippen LogP contribution in [0.15, 0.2) is 0 Å². The highest BCUT2D eigenvalue weighted by molar-refractivity contribution is 5.77. The molecule has 1 aliphatic heterocycles. The normalized spacial score (nSPS) is 36.1. The predicted molar refractivity (Wildman–Crippen MR) is 43.0 cm³/mol. The lowest BCUT2D eigenvalue weighted by Gasteiger charge is -2.20. The Morgan fingerprint density at radius 1 is 1.50 bits per heavy atom. The van der Waals surface area contributed by atoms with Crippen LogP contribution in [0.3, 0.4) is 0 Å². The monoisotopic (exact) mass is 206 g/mol. The topological polar surface area (TPSA) is 38.8 Å². The second-order valence-corrected chi connectivity index (χ2v) is 3.90.